The maximum atomic E-state index is 11.4. The summed E-state index contributed by atoms with van der Waals surface area (Å²) in [5.74, 6) is -0.275. The van der Waals surface area contributed by atoms with Gasteiger partial charge < -0.3 is 15.4 Å². The predicted molar refractivity (Wildman–Crippen MR) is 73.1 cm³/mol. The molecule has 0 aromatic carbocycles. The number of nitrogens with zero attached hydrogens (tertiary/aromatic N) is 1. The van der Waals surface area contributed by atoms with Gasteiger partial charge in [0, 0.05) is 24.9 Å². The number of carbonyl (C=O) groups is 3. The Hall–Kier alpha value is -1.63. The quantitative estimate of drug-likeness (QED) is 0.541. The van der Waals surface area contributed by atoms with Gasteiger partial charge in [-0.15, -0.1) is 0 Å². The summed E-state index contributed by atoms with van der Waals surface area (Å²) in [7, 11) is 0. The minimum Gasteiger partial charge on any atom is -0.378 e. The maximum absolute atomic E-state index is 11.4. The summed E-state index contributed by atoms with van der Waals surface area (Å²) >= 11 is 0. The SMILES string of the molecule is CC(C)(C)NC(=O)NCCOCCN1C(=O)CCC1=O. The minimum atomic E-state index is -0.276. The number of carbonyl (C=O) groups excluding carboxylic acids is 3. The Kier molecular flexibility index (Phi) is 5.94. The van der Waals surface area contributed by atoms with Crippen LogP contribution in [0.2, 0.25) is 0 Å². The molecule has 0 spiro atoms. The van der Waals surface area contributed by atoms with Crippen molar-refractivity contribution >= 4 is 17.8 Å². The fraction of sp³-hybridized carbons (Fsp3) is 0.769. The van der Waals surface area contributed by atoms with E-state index in [0.29, 0.717) is 32.6 Å². The number of hydrogen-bond donors (Lipinski definition) is 2. The van der Waals surface area contributed by atoms with E-state index in [9.17, 15) is 14.4 Å². The number of likely N-dealkylation sites (tertiary alicyclic amines) is 1. The molecule has 20 heavy (non-hydrogen) atoms. The fourth-order valence-electron chi connectivity index (χ4n) is 1.75. The number of nitrogens with one attached hydrogen (secondary N) is 2. The van der Waals surface area contributed by atoms with E-state index in [1.54, 1.807) is 0 Å². The number of rotatable bonds is 6. The van der Waals surface area contributed by atoms with Gasteiger partial charge in [0.2, 0.25) is 11.8 Å². The lowest BCUT2D eigenvalue weighted by molar-refractivity contribution is -0.139. The fourth-order valence-corrected chi connectivity index (χ4v) is 1.75. The third kappa shape index (κ3) is 6.01. The summed E-state index contributed by atoms with van der Waals surface area (Å²) in [4.78, 5) is 35.3. The van der Waals surface area contributed by atoms with Crippen LogP contribution in [-0.2, 0) is 14.3 Å². The first kappa shape index (κ1) is 16.4. The van der Waals surface area contributed by atoms with Gasteiger partial charge in [-0.2, -0.15) is 0 Å². The first-order valence-corrected chi connectivity index (χ1v) is 6.76. The predicted octanol–water partition coefficient (Wildman–Crippen LogP) is 0.250. The molecule has 0 aromatic heterocycles. The molecule has 2 N–H and O–H groups in total. The van der Waals surface area contributed by atoms with Crippen molar-refractivity contribution < 1.29 is 19.1 Å². The molecule has 7 nitrogen and oxygen atoms in total. The molecule has 1 saturated heterocycles. The van der Waals surface area contributed by atoms with E-state index in [1.165, 1.54) is 4.90 Å². The molecular weight excluding hydrogens is 262 g/mol. The van der Waals surface area contributed by atoms with Gasteiger partial charge in [-0.25, -0.2) is 4.79 Å². The average Bonchev–Trinajstić information content (AvgIpc) is 2.62. The third-order valence-electron chi connectivity index (χ3n) is 2.63. The molecule has 7 heteroatoms. The number of imide groups is 1. The van der Waals surface area contributed by atoms with E-state index in [0.717, 1.165) is 0 Å². The van der Waals surface area contributed by atoms with Crippen LogP contribution in [0.15, 0.2) is 0 Å². The van der Waals surface area contributed by atoms with Gasteiger partial charge in [0.05, 0.1) is 19.8 Å². The first-order chi connectivity index (χ1) is 9.29. The molecule has 114 valence electrons. The van der Waals surface area contributed by atoms with Crippen LogP contribution in [0.5, 0.6) is 0 Å². The second-order valence-electron chi connectivity index (χ2n) is 5.68. The zero-order valence-corrected chi connectivity index (χ0v) is 12.3. The van der Waals surface area contributed by atoms with Crippen LogP contribution in [0.1, 0.15) is 33.6 Å². The molecule has 1 aliphatic heterocycles. The molecule has 0 aliphatic carbocycles. The van der Waals surface area contributed by atoms with Gasteiger partial charge in [-0.05, 0) is 20.8 Å². The summed E-state index contributed by atoms with van der Waals surface area (Å²) in [5, 5.41) is 5.43. The van der Waals surface area contributed by atoms with Crippen molar-refractivity contribution in [1.29, 1.82) is 0 Å². The molecule has 1 rings (SSSR count). The van der Waals surface area contributed by atoms with E-state index in [-0.39, 0.29) is 29.9 Å². The van der Waals surface area contributed by atoms with Crippen molar-refractivity contribution in [2.24, 2.45) is 0 Å². The van der Waals surface area contributed by atoms with E-state index in [4.69, 9.17) is 4.74 Å². The molecule has 1 fully saturated rings. The van der Waals surface area contributed by atoms with Crippen molar-refractivity contribution in [3.05, 3.63) is 0 Å². The number of amides is 4. The zero-order chi connectivity index (χ0) is 15.2. The Bertz CT molecular complexity index is 360. The molecule has 0 aromatic rings. The van der Waals surface area contributed by atoms with E-state index >= 15 is 0 Å². The highest BCUT2D eigenvalue weighted by atomic mass is 16.5. The van der Waals surface area contributed by atoms with Crippen molar-refractivity contribution in [1.82, 2.24) is 15.5 Å². The standard InChI is InChI=1S/C13H23N3O4/c1-13(2,3)15-12(19)14-6-8-20-9-7-16-10(17)4-5-11(16)18/h4-9H2,1-3H3,(H2,14,15,19). The van der Waals surface area contributed by atoms with Crippen LogP contribution in [0.3, 0.4) is 0 Å². The van der Waals surface area contributed by atoms with Crippen molar-refractivity contribution in [3.8, 4) is 0 Å². The molecule has 0 atom stereocenters. The van der Waals surface area contributed by atoms with Crippen molar-refractivity contribution in [2.75, 3.05) is 26.3 Å². The van der Waals surface area contributed by atoms with Crippen LogP contribution in [0.4, 0.5) is 4.79 Å². The monoisotopic (exact) mass is 285 g/mol. The van der Waals surface area contributed by atoms with Gasteiger partial charge in [0.15, 0.2) is 0 Å². The molecule has 4 amide bonds. The first-order valence-electron chi connectivity index (χ1n) is 6.76. The largest absolute Gasteiger partial charge is 0.378 e. The van der Waals surface area contributed by atoms with E-state index < -0.39 is 0 Å². The molecule has 1 heterocycles. The summed E-state index contributed by atoms with van der Waals surface area (Å²) < 4.78 is 5.28. The Balaban J connectivity index is 2.04. The third-order valence-corrected chi connectivity index (χ3v) is 2.63. The van der Waals surface area contributed by atoms with Crippen molar-refractivity contribution in [3.63, 3.8) is 0 Å². The molecule has 0 unspecified atom stereocenters. The average molecular weight is 285 g/mol. The van der Waals surface area contributed by atoms with Crippen LogP contribution >= 0.6 is 0 Å². The normalized spacial score (nSPS) is 15.7. The minimum absolute atomic E-state index is 0.138. The van der Waals surface area contributed by atoms with Crippen LogP contribution in [0, 0.1) is 0 Å². The lowest BCUT2D eigenvalue weighted by atomic mass is 10.1. The van der Waals surface area contributed by atoms with Gasteiger partial charge in [0.25, 0.3) is 0 Å². The number of ether oxygens (including phenoxy) is 1. The Morgan fingerprint density at radius 3 is 2.35 bits per heavy atom. The molecular formula is C13H23N3O4. The highest BCUT2D eigenvalue weighted by Crippen LogP contribution is 2.10. The highest BCUT2D eigenvalue weighted by Gasteiger charge is 2.28. The van der Waals surface area contributed by atoms with Crippen molar-refractivity contribution in [2.45, 2.75) is 39.2 Å². The van der Waals surface area contributed by atoms with Crippen LogP contribution in [0.25, 0.3) is 0 Å². The van der Waals surface area contributed by atoms with Gasteiger partial charge in [0.1, 0.15) is 0 Å². The molecule has 1 aliphatic rings. The summed E-state index contributed by atoms with van der Waals surface area (Å²) in [6.07, 6.45) is 0.598. The topological polar surface area (TPSA) is 87.7 Å². The zero-order valence-electron chi connectivity index (χ0n) is 12.3. The van der Waals surface area contributed by atoms with Gasteiger partial charge in [-0.3, -0.25) is 14.5 Å². The van der Waals surface area contributed by atoms with E-state index in [2.05, 4.69) is 10.6 Å². The highest BCUT2D eigenvalue weighted by molar-refractivity contribution is 6.01. The Morgan fingerprint density at radius 1 is 1.20 bits per heavy atom. The van der Waals surface area contributed by atoms with Crippen LogP contribution < -0.4 is 10.6 Å². The van der Waals surface area contributed by atoms with Gasteiger partial charge >= 0.3 is 6.03 Å². The summed E-state index contributed by atoms with van der Waals surface area (Å²) in [6, 6.07) is -0.244. The molecule has 0 saturated carbocycles. The Labute approximate surface area is 119 Å². The lowest BCUT2D eigenvalue weighted by Crippen LogP contribution is -2.47. The maximum Gasteiger partial charge on any atom is 0.315 e. The number of hydrogen-bond acceptors (Lipinski definition) is 4. The Morgan fingerprint density at radius 2 is 1.80 bits per heavy atom. The smallest absolute Gasteiger partial charge is 0.315 e. The second kappa shape index (κ2) is 7.23. The lowest BCUT2D eigenvalue weighted by Gasteiger charge is -2.20. The number of urea groups is 1. The summed E-state index contributed by atoms with van der Waals surface area (Å²) in [5.41, 5.74) is -0.276. The summed E-state index contributed by atoms with van der Waals surface area (Å²) in [6.45, 7) is 6.98. The van der Waals surface area contributed by atoms with E-state index in [1.807, 2.05) is 20.8 Å². The molecule has 0 bridgehead atoms. The van der Waals surface area contributed by atoms with Gasteiger partial charge in [-0.1, -0.05) is 0 Å². The molecule has 0 radical (unpaired) electrons. The second-order valence-corrected chi connectivity index (χ2v) is 5.68. The van der Waals surface area contributed by atoms with Crippen LogP contribution in [-0.4, -0.2) is 54.6 Å².